The van der Waals surface area contributed by atoms with E-state index in [-0.39, 0.29) is 12.1 Å². The first-order valence-electron chi connectivity index (χ1n) is 11.0. The fourth-order valence-electron chi connectivity index (χ4n) is 4.80. The maximum atomic E-state index is 5.87. The SMILES string of the molecule is Cc1cccc(-n2c(C)cc([C@@H]3[C@@H](c4ccccn4)NC(=S)N3c3ccc(Br)cc3)c2C)c1. The van der Waals surface area contributed by atoms with E-state index in [1.165, 1.54) is 28.2 Å². The Kier molecular flexibility index (Phi) is 5.81. The van der Waals surface area contributed by atoms with Crippen LogP contribution in [0.2, 0.25) is 0 Å². The quantitative estimate of drug-likeness (QED) is 0.304. The molecule has 33 heavy (non-hydrogen) atoms. The van der Waals surface area contributed by atoms with Crippen molar-refractivity contribution in [2.75, 3.05) is 4.90 Å². The van der Waals surface area contributed by atoms with E-state index in [2.05, 4.69) is 117 Å². The molecule has 0 spiro atoms. The fourth-order valence-corrected chi connectivity index (χ4v) is 5.41. The third kappa shape index (κ3) is 3.98. The molecule has 166 valence electrons. The Labute approximate surface area is 208 Å². The molecule has 0 bridgehead atoms. The average Bonchev–Trinajstić information content (AvgIpc) is 3.30. The highest BCUT2D eigenvalue weighted by atomic mass is 79.9. The predicted molar refractivity (Wildman–Crippen MR) is 142 cm³/mol. The van der Waals surface area contributed by atoms with Gasteiger partial charge in [-0.25, -0.2) is 0 Å². The van der Waals surface area contributed by atoms with E-state index in [4.69, 9.17) is 12.2 Å². The van der Waals surface area contributed by atoms with E-state index in [0.29, 0.717) is 5.11 Å². The molecule has 1 fully saturated rings. The molecule has 1 aliphatic rings. The second-order valence-electron chi connectivity index (χ2n) is 8.47. The zero-order chi connectivity index (χ0) is 23.1. The Morgan fingerprint density at radius 1 is 0.909 bits per heavy atom. The van der Waals surface area contributed by atoms with Gasteiger partial charge in [-0.3, -0.25) is 4.98 Å². The molecule has 2 atom stereocenters. The van der Waals surface area contributed by atoms with Crippen LogP contribution in [0.1, 0.15) is 40.3 Å². The number of benzene rings is 2. The lowest BCUT2D eigenvalue weighted by Gasteiger charge is -2.28. The summed E-state index contributed by atoms with van der Waals surface area (Å²) in [5.41, 5.74) is 8.09. The molecule has 1 N–H and O–H groups in total. The number of aromatic nitrogens is 2. The molecular formula is C27H25BrN4S. The van der Waals surface area contributed by atoms with Crippen molar-refractivity contribution < 1.29 is 0 Å². The number of hydrogen-bond donors (Lipinski definition) is 1. The van der Waals surface area contributed by atoms with Gasteiger partial charge >= 0.3 is 0 Å². The molecule has 4 nitrogen and oxygen atoms in total. The van der Waals surface area contributed by atoms with Crippen LogP contribution in [-0.2, 0) is 0 Å². The van der Waals surface area contributed by atoms with Crippen LogP contribution in [0.15, 0.2) is 83.5 Å². The van der Waals surface area contributed by atoms with E-state index < -0.39 is 0 Å². The van der Waals surface area contributed by atoms with E-state index in [1.54, 1.807) is 0 Å². The highest BCUT2D eigenvalue weighted by molar-refractivity contribution is 9.10. The van der Waals surface area contributed by atoms with Crippen LogP contribution in [0.5, 0.6) is 0 Å². The fraction of sp³-hybridized carbons (Fsp3) is 0.185. The topological polar surface area (TPSA) is 33.1 Å². The van der Waals surface area contributed by atoms with Crippen LogP contribution in [0.4, 0.5) is 5.69 Å². The van der Waals surface area contributed by atoms with Gasteiger partial charge in [0, 0.05) is 33.4 Å². The number of anilines is 1. The summed E-state index contributed by atoms with van der Waals surface area (Å²) < 4.78 is 3.37. The highest BCUT2D eigenvalue weighted by Crippen LogP contribution is 2.43. The maximum Gasteiger partial charge on any atom is 0.174 e. The van der Waals surface area contributed by atoms with Gasteiger partial charge in [-0.2, -0.15) is 0 Å². The van der Waals surface area contributed by atoms with Crippen molar-refractivity contribution in [3.8, 4) is 5.69 Å². The van der Waals surface area contributed by atoms with Crippen LogP contribution in [-0.4, -0.2) is 14.7 Å². The zero-order valence-corrected chi connectivity index (χ0v) is 21.2. The number of nitrogens with zero attached hydrogens (tertiary/aromatic N) is 3. The summed E-state index contributed by atoms with van der Waals surface area (Å²) >= 11 is 9.43. The molecule has 5 rings (SSSR count). The third-order valence-corrected chi connectivity index (χ3v) is 7.09. The lowest BCUT2D eigenvalue weighted by molar-refractivity contribution is 0.565. The zero-order valence-electron chi connectivity index (χ0n) is 18.8. The van der Waals surface area contributed by atoms with Crippen molar-refractivity contribution in [3.63, 3.8) is 0 Å². The summed E-state index contributed by atoms with van der Waals surface area (Å²) in [7, 11) is 0. The first-order chi connectivity index (χ1) is 15.9. The second kappa shape index (κ2) is 8.76. The molecule has 1 aliphatic heterocycles. The van der Waals surface area contributed by atoms with Crippen molar-refractivity contribution in [1.82, 2.24) is 14.9 Å². The molecule has 3 heterocycles. The standard InChI is InChI=1S/C27H25BrN4S/c1-17-7-6-8-22(15-17)31-18(2)16-23(19(31)3)26-25(24-9-4-5-14-29-24)30-27(33)32(26)21-12-10-20(28)11-13-21/h4-16,25-26H,1-3H3,(H,30,33)/t25-,26-/m1/s1. The molecule has 0 aliphatic carbocycles. The van der Waals surface area contributed by atoms with Gasteiger partial charge in [-0.05, 0) is 98.7 Å². The molecule has 1 saturated heterocycles. The van der Waals surface area contributed by atoms with Gasteiger partial charge in [0.05, 0.1) is 17.8 Å². The van der Waals surface area contributed by atoms with Gasteiger partial charge in [-0.15, -0.1) is 0 Å². The third-order valence-electron chi connectivity index (χ3n) is 6.25. The summed E-state index contributed by atoms with van der Waals surface area (Å²) in [6.45, 7) is 6.49. The molecule has 0 radical (unpaired) electrons. The van der Waals surface area contributed by atoms with Gasteiger partial charge < -0.3 is 14.8 Å². The minimum Gasteiger partial charge on any atom is -0.351 e. The van der Waals surface area contributed by atoms with Gasteiger partial charge in [0.25, 0.3) is 0 Å². The average molecular weight is 517 g/mol. The largest absolute Gasteiger partial charge is 0.351 e. The Hall–Kier alpha value is -2.96. The second-order valence-corrected chi connectivity index (χ2v) is 9.78. The number of hydrogen-bond acceptors (Lipinski definition) is 2. The summed E-state index contributed by atoms with van der Waals surface area (Å²) in [5.74, 6) is 0. The summed E-state index contributed by atoms with van der Waals surface area (Å²) in [6, 6.07) is 25.2. The Morgan fingerprint density at radius 3 is 2.39 bits per heavy atom. The number of pyridine rings is 1. The van der Waals surface area contributed by atoms with Gasteiger partial charge in [0.1, 0.15) is 0 Å². The van der Waals surface area contributed by atoms with Crippen LogP contribution in [0.3, 0.4) is 0 Å². The summed E-state index contributed by atoms with van der Waals surface area (Å²) in [5, 5.41) is 4.27. The Balaban J connectivity index is 1.68. The molecule has 0 amide bonds. The minimum absolute atomic E-state index is 0.0293. The molecule has 6 heteroatoms. The lowest BCUT2D eigenvalue weighted by Crippen LogP contribution is -2.29. The van der Waals surface area contributed by atoms with Gasteiger partial charge in [0.2, 0.25) is 0 Å². The summed E-state index contributed by atoms with van der Waals surface area (Å²) in [4.78, 5) is 6.90. The van der Waals surface area contributed by atoms with Crippen molar-refractivity contribution in [2.24, 2.45) is 0 Å². The molecular weight excluding hydrogens is 492 g/mol. The van der Waals surface area contributed by atoms with E-state index in [1.807, 2.05) is 18.3 Å². The van der Waals surface area contributed by atoms with Crippen LogP contribution < -0.4 is 10.2 Å². The molecule has 0 unspecified atom stereocenters. The highest BCUT2D eigenvalue weighted by Gasteiger charge is 2.42. The number of rotatable bonds is 4. The van der Waals surface area contributed by atoms with Crippen molar-refractivity contribution >= 4 is 38.9 Å². The van der Waals surface area contributed by atoms with E-state index >= 15 is 0 Å². The van der Waals surface area contributed by atoms with Gasteiger partial charge in [-0.1, -0.05) is 34.1 Å². The minimum atomic E-state index is -0.0613. The van der Waals surface area contributed by atoms with Crippen LogP contribution >= 0.6 is 28.1 Å². The van der Waals surface area contributed by atoms with Crippen LogP contribution in [0, 0.1) is 20.8 Å². The van der Waals surface area contributed by atoms with Crippen molar-refractivity contribution in [2.45, 2.75) is 32.9 Å². The molecule has 2 aromatic carbocycles. The van der Waals surface area contributed by atoms with Gasteiger partial charge in [0.15, 0.2) is 5.11 Å². The lowest BCUT2D eigenvalue weighted by atomic mass is 9.96. The smallest absolute Gasteiger partial charge is 0.174 e. The van der Waals surface area contributed by atoms with E-state index in [9.17, 15) is 0 Å². The Bertz CT molecular complexity index is 1310. The monoisotopic (exact) mass is 516 g/mol. The number of halogens is 1. The maximum absolute atomic E-state index is 5.87. The number of nitrogens with one attached hydrogen (secondary N) is 1. The van der Waals surface area contributed by atoms with Crippen molar-refractivity contribution in [1.29, 1.82) is 0 Å². The first-order valence-corrected chi connectivity index (χ1v) is 12.2. The normalized spacial score (nSPS) is 17.9. The number of thiocarbonyl (C=S) groups is 1. The molecule has 4 aromatic rings. The molecule has 0 saturated carbocycles. The summed E-state index contributed by atoms with van der Waals surface area (Å²) in [6.07, 6.45) is 1.84. The molecule has 2 aromatic heterocycles. The first kappa shape index (κ1) is 21.9. The van der Waals surface area contributed by atoms with Crippen LogP contribution in [0.25, 0.3) is 5.69 Å². The predicted octanol–water partition coefficient (Wildman–Crippen LogP) is 6.74. The number of aryl methyl sites for hydroxylation is 2. The van der Waals surface area contributed by atoms with Crippen molar-refractivity contribution in [3.05, 3.63) is 112 Å². The Morgan fingerprint density at radius 2 is 1.70 bits per heavy atom. The van der Waals surface area contributed by atoms with E-state index in [0.717, 1.165) is 15.9 Å².